The zero-order valence-electron chi connectivity index (χ0n) is 7.38. The monoisotopic (exact) mass is 198 g/mol. The van der Waals surface area contributed by atoms with E-state index in [0.717, 1.165) is 5.25 Å². The lowest BCUT2D eigenvalue weighted by atomic mass is 10.3. The van der Waals surface area contributed by atoms with E-state index in [0.29, 0.717) is 0 Å². The third-order valence-electron chi connectivity index (χ3n) is 3.30. The van der Waals surface area contributed by atoms with Gasteiger partial charge in [0.2, 0.25) is 0 Å². The van der Waals surface area contributed by atoms with Gasteiger partial charge in [0.15, 0.2) is 0 Å². The fraction of sp³-hybridized carbons (Fsp3) is 0.600. The van der Waals surface area contributed by atoms with Gasteiger partial charge in [-0.25, -0.2) is 10.0 Å². The van der Waals surface area contributed by atoms with Gasteiger partial charge in [-0.1, -0.05) is 0 Å². The Balaban J connectivity index is 2.01. The van der Waals surface area contributed by atoms with Crippen molar-refractivity contribution in [3.63, 3.8) is 0 Å². The molecule has 1 saturated heterocycles. The van der Waals surface area contributed by atoms with Gasteiger partial charge in [0.25, 0.3) is 0 Å². The van der Waals surface area contributed by atoms with Gasteiger partial charge in [0.05, 0.1) is 0 Å². The van der Waals surface area contributed by atoms with E-state index in [4.69, 9.17) is 0 Å². The van der Waals surface area contributed by atoms with Crippen LogP contribution in [0.5, 0.6) is 0 Å². The molecule has 0 N–H and O–H groups in total. The van der Waals surface area contributed by atoms with Gasteiger partial charge < -0.3 is 0 Å². The van der Waals surface area contributed by atoms with Gasteiger partial charge in [0, 0.05) is 10.1 Å². The second kappa shape index (κ2) is 2.30. The third kappa shape index (κ3) is 0.912. The van der Waals surface area contributed by atoms with Crippen LogP contribution in [0, 0.1) is 0 Å². The molecule has 1 aromatic rings. The van der Waals surface area contributed by atoms with Gasteiger partial charge in [-0.05, 0) is 47.6 Å². The molecular formula is C10H14S2. The number of thiophene rings is 1. The van der Waals surface area contributed by atoms with Crippen LogP contribution < -0.4 is 0 Å². The van der Waals surface area contributed by atoms with Crippen LogP contribution >= 0.6 is 21.4 Å². The number of aryl methyl sites for hydroxylation is 1. The van der Waals surface area contributed by atoms with Crippen molar-refractivity contribution in [2.45, 2.75) is 18.1 Å². The zero-order valence-corrected chi connectivity index (χ0v) is 9.01. The predicted molar refractivity (Wildman–Crippen MR) is 58.6 cm³/mol. The first-order valence-electron chi connectivity index (χ1n) is 4.58. The third-order valence-corrected chi connectivity index (χ3v) is 7.85. The van der Waals surface area contributed by atoms with Crippen LogP contribution in [0.25, 0.3) is 0 Å². The molecule has 66 valence electrons. The van der Waals surface area contributed by atoms with Crippen LogP contribution in [-0.4, -0.2) is 17.8 Å². The lowest BCUT2D eigenvalue weighted by molar-refractivity contribution is 0.889. The maximum Gasteiger partial charge on any atom is 0.0153 e. The maximum absolute atomic E-state index is 2.55. The Morgan fingerprint density at radius 2 is 2.33 bits per heavy atom. The van der Waals surface area contributed by atoms with Gasteiger partial charge in [-0.3, -0.25) is 0 Å². The van der Waals surface area contributed by atoms with Crippen molar-refractivity contribution in [1.82, 2.24) is 0 Å². The van der Waals surface area contributed by atoms with Gasteiger partial charge >= 0.3 is 0 Å². The lowest BCUT2D eigenvalue weighted by Gasteiger charge is -2.22. The number of hydrogen-bond donors (Lipinski definition) is 0. The van der Waals surface area contributed by atoms with Crippen LogP contribution in [0.4, 0.5) is 0 Å². The van der Waals surface area contributed by atoms with Crippen molar-refractivity contribution in [3.8, 4) is 0 Å². The van der Waals surface area contributed by atoms with Crippen molar-refractivity contribution in [2.24, 2.45) is 0 Å². The molecule has 0 saturated carbocycles. The molecule has 0 aromatic carbocycles. The van der Waals surface area contributed by atoms with Crippen molar-refractivity contribution in [2.75, 3.05) is 17.8 Å². The molecule has 12 heavy (non-hydrogen) atoms. The highest BCUT2D eigenvalue weighted by molar-refractivity contribution is 8.39. The van der Waals surface area contributed by atoms with Crippen LogP contribution in [0.1, 0.15) is 22.1 Å². The summed E-state index contributed by atoms with van der Waals surface area (Å²) in [4.78, 5) is 1.70. The van der Waals surface area contributed by atoms with Gasteiger partial charge in [-0.15, -0.1) is 11.3 Å². The summed E-state index contributed by atoms with van der Waals surface area (Å²) in [6.45, 7) is 0. The average molecular weight is 198 g/mol. The normalized spacial score (nSPS) is 32.9. The fourth-order valence-corrected chi connectivity index (χ4v) is 6.44. The Hall–Kier alpha value is 0.0500. The molecule has 1 fully saturated rings. The minimum absolute atomic E-state index is 0.129. The smallest absolute Gasteiger partial charge is 0.0153 e. The molecule has 2 aliphatic rings. The first-order valence-corrected chi connectivity index (χ1v) is 7.91. The Morgan fingerprint density at radius 1 is 1.50 bits per heavy atom. The first kappa shape index (κ1) is 7.45. The summed E-state index contributed by atoms with van der Waals surface area (Å²) >= 11 is 1.97. The highest BCUT2D eigenvalue weighted by Crippen LogP contribution is 2.71. The lowest BCUT2D eigenvalue weighted by Crippen LogP contribution is -1.93. The number of rotatable bonds is 1. The summed E-state index contributed by atoms with van der Waals surface area (Å²) < 4.78 is 0. The molecule has 0 amide bonds. The largest absolute Gasteiger partial charge is 0.235 e. The molecule has 0 bridgehead atoms. The second-order valence-electron chi connectivity index (χ2n) is 4.09. The quantitative estimate of drug-likeness (QED) is 0.608. The molecule has 1 aliphatic heterocycles. The summed E-state index contributed by atoms with van der Waals surface area (Å²) in [6.07, 6.45) is 5.39. The van der Waals surface area contributed by atoms with Crippen LogP contribution in [-0.2, 0) is 6.42 Å². The average Bonchev–Trinajstić information content (AvgIpc) is 2.48. The molecule has 3 rings (SSSR count). The summed E-state index contributed by atoms with van der Waals surface area (Å²) in [5, 5.41) is 3.28. The van der Waals surface area contributed by atoms with Crippen LogP contribution in [0.15, 0.2) is 11.4 Å². The number of fused-ring (bicyclic) bond motifs is 1. The summed E-state index contributed by atoms with van der Waals surface area (Å²) in [5.74, 6) is 3.10. The predicted octanol–water partition coefficient (Wildman–Crippen LogP) is 3.18. The molecule has 0 radical (unpaired) electrons. The Bertz CT molecular complexity index is 309. The highest BCUT2D eigenvalue weighted by atomic mass is 32.3. The summed E-state index contributed by atoms with van der Waals surface area (Å²) in [5.41, 5.74) is 1.73. The highest BCUT2D eigenvalue weighted by Gasteiger charge is 2.43. The first-order chi connectivity index (χ1) is 5.80. The van der Waals surface area contributed by atoms with E-state index >= 15 is 0 Å². The zero-order chi connectivity index (χ0) is 8.18. The summed E-state index contributed by atoms with van der Waals surface area (Å²) in [7, 11) is -0.129. The van der Waals surface area contributed by atoms with Crippen molar-refractivity contribution >= 4 is 21.4 Å². The molecule has 1 aliphatic carbocycles. The van der Waals surface area contributed by atoms with Crippen molar-refractivity contribution in [3.05, 3.63) is 21.9 Å². The van der Waals surface area contributed by atoms with E-state index in [-0.39, 0.29) is 10.0 Å². The van der Waals surface area contributed by atoms with E-state index in [1.54, 1.807) is 21.9 Å². The molecule has 0 unspecified atom stereocenters. The Morgan fingerprint density at radius 3 is 3.08 bits per heavy atom. The second-order valence-corrected chi connectivity index (χ2v) is 9.17. The molecule has 0 nitrogen and oxygen atoms in total. The molecule has 0 spiro atoms. The molecule has 2 heteroatoms. The SMILES string of the molecule is CS1([C@H]2CCc3sccc32)CC1. The fourth-order valence-electron chi connectivity index (χ4n) is 2.27. The van der Waals surface area contributed by atoms with E-state index in [2.05, 4.69) is 17.7 Å². The van der Waals surface area contributed by atoms with E-state index < -0.39 is 0 Å². The minimum Gasteiger partial charge on any atom is -0.235 e. The topological polar surface area (TPSA) is 0 Å². The molecular weight excluding hydrogens is 184 g/mol. The standard InChI is InChI=1S/C10H14S2/c1-12(6-7-12)10-3-2-9-8(10)4-5-11-9/h4-5,10H,2-3,6-7H2,1H3/t10-/m0/s1. The van der Waals surface area contributed by atoms with Crippen molar-refractivity contribution < 1.29 is 0 Å². The Kier molecular flexibility index (Phi) is 1.43. The van der Waals surface area contributed by atoms with Crippen molar-refractivity contribution in [1.29, 1.82) is 0 Å². The van der Waals surface area contributed by atoms with Crippen LogP contribution in [0.2, 0.25) is 0 Å². The number of hydrogen-bond acceptors (Lipinski definition) is 1. The molecule has 2 heterocycles. The van der Waals surface area contributed by atoms with E-state index in [9.17, 15) is 0 Å². The maximum atomic E-state index is 2.55. The minimum atomic E-state index is -0.129. The molecule has 1 atom stereocenters. The van der Waals surface area contributed by atoms with Gasteiger partial charge in [-0.2, -0.15) is 0 Å². The van der Waals surface area contributed by atoms with Gasteiger partial charge in [0.1, 0.15) is 0 Å². The van der Waals surface area contributed by atoms with E-state index in [1.807, 2.05) is 11.3 Å². The summed E-state index contributed by atoms with van der Waals surface area (Å²) in [6, 6.07) is 2.38. The van der Waals surface area contributed by atoms with E-state index in [1.165, 1.54) is 12.8 Å². The van der Waals surface area contributed by atoms with Crippen LogP contribution in [0.3, 0.4) is 0 Å². The Labute approximate surface area is 79.3 Å². The molecule has 1 aromatic heterocycles.